The van der Waals surface area contributed by atoms with E-state index in [1.807, 2.05) is 30.3 Å². The summed E-state index contributed by atoms with van der Waals surface area (Å²) in [7, 11) is -4.18. The van der Waals surface area contributed by atoms with Gasteiger partial charge in [0.2, 0.25) is 15.9 Å². The molecule has 0 bridgehead atoms. The summed E-state index contributed by atoms with van der Waals surface area (Å²) in [6.07, 6.45) is -0.369. The van der Waals surface area contributed by atoms with Gasteiger partial charge in [-0.2, -0.15) is 4.31 Å². The molecule has 1 heterocycles. The van der Waals surface area contributed by atoms with Gasteiger partial charge in [-0.25, -0.2) is 8.42 Å². The van der Waals surface area contributed by atoms with Gasteiger partial charge in [0.05, 0.1) is 33.7 Å². The van der Waals surface area contributed by atoms with Crippen LogP contribution in [0.4, 0.5) is 5.69 Å². The summed E-state index contributed by atoms with van der Waals surface area (Å²) in [6.45, 7) is -0.408. The van der Waals surface area contributed by atoms with E-state index in [1.165, 1.54) is 29.2 Å². The third kappa shape index (κ3) is 7.54. The number of nitrogens with one attached hydrogen (secondary N) is 1. The smallest absolute Gasteiger partial charge is 0.262 e. The molecule has 1 atom stereocenters. The zero-order valence-electron chi connectivity index (χ0n) is 23.3. The molecule has 1 unspecified atom stereocenters. The van der Waals surface area contributed by atoms with Crippen molar-refractivity contribution in [1.82, 2.24) is 9.62 Å². The average Bonchev–Trinajstić information content (AvgIpc) is 3.02. The first kappa shape index (κ1) is 31.8. The molecule has 5 rings (SSSR count). The lowest BCUT2D eigenvalue weighted by molar-refractivity contribution is -0.128. The Morgan fingerprint density at radius 3 is 2.30 bits per heavy atom. The maximum Gasteiger partial charge on any atom is 0.262 e. The maximum absolute atomic E-state index is 13.9. The second kappa shape index (κ2) is 14.0. The van der Waals surface area contributed by atoms with Gasteiger partial charge in [-0.15, -0.1) is 0 Å². The molecule has 0 fully saturated rings. The topological polar surface area (TPSA) is 96.0 Å². The Morgan fingerprint density at radius 2 is 1.57 bits per heavy atom. The van der Waals surface area contributed by atoms with Gasteiger partial charge in [-0.1, -0.05) is 83.3 Å². The highest BCUT2D eigenvalue weighted by atomic mass is 35.5. The summed E-state index contributed by atoms with van der Waals surface area (Å²) in [5, 5.41) is 3.82. The van der Waals surface area contributed by atoms with E-state index in [0.717, 1.165) is 9.87 Å². The molecule has 0 saturated heterocycles. The van der Waals surface area contributed by atoms with Gasteiger partial charge in [0.15, 0.2) is 6.10 Å². The Balaban J connectivity index is 1.38. The second-order valence-corrected chi connectivity index (χ2v) is 13.3. The van der Waals surface area contributed by atoms with Gasteiger partial charge in [-0.05, 0) is 66.1 Å². The Hall–Kier alpha value is -3.60. The number of hydrogen-bond acceptors (Lipinski definition) is 5. The van der Waals surface area contributed by atoms with Crippen LogP contribution in [0.15, 0.2) is 102 Å². The van der Waals surface area contributed by atoms with Gasteiger partial charge in [0.25, 0.3) is 5.91 Å². The molecule has 0 spiro atoms. The number of rotatable bonds is 10. The lowest BCUT2D eigenvalue weighted by atomic mass is 10.1. The number of ether oxygens (including phenoxy) is 1. The SMILES string of the molecule is O=C(NCCc1ccccc1)C1CN(C(=O)CN(Cc2ccc(Cl)c(Cl)c2)S(=O)(=O)c2ccc(Cl)cc2)c2ccccc2O1. The Bertz CT molecular complexity index is 1750. The van der Waals surface area contributed by atoms with Gasteiger partial charge >= 0.3 is 0 Å². The highest BCUT2D eigenvalue weighted by Crippen LogP contribution is 2.34. The van der Waals surface area contributed by atoms with Crippen LogP contribution in [-0.2, 0) is 32.6 Å². The Kier molecular flexibility index (Phi) is 10.1. The first-order valence-corrected chi connectivity index (χ1v) is 16.3. The van der Waals surface area contributed by atoms with Crippen LogP contribution in [0.25, 0.3) is 0 Å². The number of halogens is 3. The van der Waals surface area contributed by atoms with Gasteiger partial charge < -0.3 is 15.0 Å². The highest BCUT2D eigenvalue weighted by molar-refractivity contribution is 7.89. The number of para-hydroxylation sites is 2. The van der Waals surface area contributed by atoms with Crippen molar-refractivity contribution in [1.29, 1.82) is 0 Å². The van der Waals surface area contributed by atoms with Gasteiger partial charge in [0, 0.05) is 18.1 Å². The van der Waals surface area contributed by atoms with Crippen LogP contribution >= 0.6 is 34.8 Å². The fraction of sp³-hybridized carbons (Fsp3) is 0.188. The standard InChI is InChI=1S/C32H28Cl3N3O5S/c33-24-11-13-25(14-12-24)44(41,42)37(19-23-10-15-26(34)27(35)18-23)21-31(39)38-20-30(43-29-9-5-4-8-28(29)38)32(40)36-17-16-22-6-2-1-3-7-22/h1-15,18,30H,16-17,19-21H2,(H,36,40). The predicted octanol–water partition coefficient (Wildman–Crippen LogP) is 5.99. The molecular formula is C32H28Cl3N3O5S. The molecule has 44 heavy (non-hydrogen) atoms. The van der Waals surface area contributed by atoms with Crippen molar-refractivity contribution in [3.05, 3.63) is 123 Å². The van der Waals surface area contributed by atoms with Crippen molar-refractivity contribution < 1.29 is 22.7 Å². The molecule has 0 saturated carbocycles. The molecule has 1 aliphatic heterocycles. The zero-order valence-corrected chi connectivity index (χ0v) is 26.4. The van der Waals surface area contributed by atoms with Crippen LogP contribution in [-0.4, -0.2) is 50.3 Å². The van der Waals surface area contributed by atoms with E-state index in [9.17, 15) is 18.0 Å². The van der Waals surface area contributed by atoms with Crippen molar-refractivity contribution in [3.8, 4) is 5.75 Å². The summed E-state index contributed by atoms with van der Waals surface area (Å²) in [5.41, 5.74) is 2.04. The number of hydrogen-bond donors (Lipinski definition) is 1. The average molecular weight is 673 g/mol. The second-order valence-electron chi connectivity index (χ2n) is 10.1. The molecule has 2 amide bonds. The van der Waals surface area contributed by atoms with Crippen LogP contribution in [0, 0.1) is 0 Å². The van der Waals surface area contributed by atoms with Crippen LogP contribution in [0.2, 0.25) is 15.1 Å². The number of nitrogens with zero attached hydrogens (tertiary/aromatic N) is 2. The number of sulfonamides is 1. The molecule has 8 nitrogen and oxygen atoms in total. The number of benzene rings is 4. The first-order valence-electron chi connectivity index (χ1n) is 13.7. The molecule has 1 N–H and O–H groups in total. The number of anilines is 1. The van der Waals surface area contributed by atoms with E-state index in [1.54, 1.807) is 42.5 Å². The number of fused-ring (bicyclic) bond motifs is 1. The van der Waals surface area contributed by atoms with Gasteiger partial charge in [0.1, 0.15) is 5.75 Å². The molecule has 4 aromatic rings. The molecule has 0 aliphatic carbocycles. The predicted molar refractivity (Wildman–Crippen MR) is 172 cm³/mol. The van der Waals surface area contributed by atoms with Crippen LogP contribution < -0.4 is 15.0 Å². The summed E-state index contributed by atoms with van der Waals surface area (Å²) < 4.78 is 34.7. The monoisotopic (exact) mass is 671 g/mol. The molecular weight excluding hydrogens is 645 g/mol. The minimum atomic E-state index is -4.18. The normalized spacial score (nSPS) is 14.5. The molecule has 12 heteroatoms. The van der Waals surface area contributed by atoms with Crippen molar-refractivity contribution in [2.75, 3.05) is 24.5 Å². The fourth-order valence-electron chi connectivity index (χ4n) is 4.75. The van der Waals surface area contributed by atoms with Crippen LogP contribution in [0.3, 0.4) is 0 Å². The maximum atomic E-state index is 13.9. The van der Waals surface area contributed by atoms with Crippen LogP contribution in [0.5, 0.6) is 5.75 Å². The van der Waals surface area contributed by atoms with E-state index < -0.39 is 28.6 Å². The van der Waals surface area contributed by atoms with E-state index in [2.05, 4.69) is 5.32 Å². The van der Waals surface area contributed by atoms with E-state index >= 15 is 0 Å². The summed E-state index contributed by atoms with van der Waals surface area (Å²) in [4.78, 5) is 28.4. The molecule has 1 aliphatic rings. The Morgan fingerprint density at radius 1 is 0.864 bits per heavy atom. The van der Waals surface area contributed by atoms with Crippen molar-refractivity contribution in [3.63, 3.8) is 0 Å². The van der Waals surface area contributed by atoms with Crippen molar-refractivity contribution in [2.24, 2.45) is 0 Å². The zero-order chi connectivity index (χ0) is 31.3. The fourth-order valence-corrected chi connectivity index (χ4v) is 6.58. The molecule has 0 radical (unpaired) electrons. The first-order chi connectivity index (χ1) is 21.1. The quantitative estimate of drug-likeness (QED) is 0.223. The van der Waals surface area contributed by atoms with Crippen molar-refractivity contribution in [2.45, 2.75) is 24.0 Å². The van der Waals surface area contributed by atoms with Crippen LogP contribution in [0.1, 0.15) is 11.1 Å². The van der Waals surface area contributed by atoms with E-state index in [4.69, 9.17) is 39.5 Å². The third-order valence-corrected chi connectivity index (χ3v) is 9.83. The van der Waals surface area contributed by atoms with E-state index in [0.29, 0.717) is 40.0 Å². The summed E-state index contributed by atoms with van der Waals surface area (Å²) >= 11 is 18.3. The molecule has 0 aromatic heterocycles. The number of carbonyl (C=O) groups is 2. The largest absolute Gasteiger partial charge is 0.477 e. The minimum absolute atomic E-state index is 0.0344. The minimum Gasteiger partial charge on any atom is -0.477 e. The van der Waals surface area contributed by atoms with Gasteiger partial charge in [-0.3, -0.25) is 9.59 Å². The highest BCUT2D eigenvalue weighted by Gasteiger charge is 2.36. The Labute approximate surface area is 271 Å². The summed E-state index contributed by atoms with van der Waals surface area (Å²) in [5.74, 6) is -0.581. The summed E-state index contributed by atoms with van der Waals surface area (Å²) in [6, 6.07) is 27.0. The molecule has 228 valence electrons. The lowest BCUT2D eigenvalue weighted by Gasteiger charge is -2.35. The lowest BCUT2D eigenvalue weighted by Crippen LogP contribution is -2.53. The number of carbonyl (C=O) groups excluding carboxylic acids is 2. The number of amides is 2. The third-order valence-electron chi connectivity index (χ3n) is 7.03. The van der Waals surface area contributed by atoms with E-state index in [-0.39, 0.29) is 28.9 Å². The van der Waals surface area contributed by atoms with Crippen molar-refractivity contribution >= 4 is 62.3 Å². The molecule has 4 aromatic carbocycles.